The van der Waals surface area contributed by atoms with E-state index in [1.807, 2.05) is 0 Å². The van der Waals surface area contributed by atoms with Gasteiger partial charge in [-0.05, 0) is 12.8 Å². The summed E-state index contributed by atoms with van der Waals surface area (Å²) in [6.07, 6.45) is -0.630. The Bertz CT molecular complexity index is 229. The van der Waals surface area contributed by atoms with Gasteiger partial charge in [0.2, 0.25) is 0 Å². The fraction of sp³-hybridized carbons (Fsp3) is 0.667. The number of carbonyl (C=O) groups is 3. The van der Waals surface area contributed by atoms with Crippen LogP contribution in [0.2, 0.25) is 0 Å². The molecular formula is C9H14O6. The van der Waals surface area contributed by atoms with Gasteiger partial charge in [0.1, 0.15) is 6.10 Å². The number of rotatable bonds is 7. The molecule has 0 fully saturated rings. The van der Waals surface area contributed by atoms with Crippen LogP contribution in [0, 0.1) is 0 Å². The van der Waals surface area contributed by atoms with E-state index >= 15 is 0 Å². The predicted octanol–water partition coefficient (Wildman–Crippen LogP) is 0.648. The van der Waals surface area contributed by atoms with Gasteiger partial charge >= 0.3 is 17.9 Å². The highest BCUT2D eigenvalue weighted by atomic mass is 16.5. The predicted molar refractivity (Wildman–Crippen MR) is 49.3 cm³/mol. The molecule has 0 spiro atoms. The van der Waals surface area contributed by atoms with Gasteiger partial charge in [-0.1, -0.05) is 0 Å². The molecule has 0 radical (unpaired) electrons. The summed E-state index contributed by atoms with van der Waals surface area (Å²) in [4.78, 5) is 31.2. The molecule has 0 rings (SSSR count). The third-order valence-electron chi connectivity index (χ3n) is 1.69. The quantitative estimate of drug-likeness (QED) is 0.608. The van der Waals surface area contributed by atoms with Crippen LogP contribution in [0.4, 0.5) is 0 Å². The highest BCUT2D eigenvalue weighted by Gasteiger charge is 2.15. The maximum atomic E-state index is 10.6. The molecule has 0 aliphatic rings. The summed E-state index contributed by atoms with van der Waals surface area (Å²) in [5.74, 6) is -2.53. The Hall–Kier alpha value is -1.59. The molecule has 0 bridgehead atoms. The number of esters is 1. The van der Waals surface area contributed by atoms with Crippen molar-refractivity contribution in [1.82, 2.24) is 0 Å². The smallest absolute Gasteiger partial charge is 0.303 e. The molecule has 0 aromatic heterocycles. The zero-order valence-corrected chi connectivity index (χ0v) is 8.43. The summed E-state index contributed by atoms with van der Waals surface area (Å²) >= 11 is 0. The van der Waals surface area contributed by atoms with Crippen molar-refractivity contribution in [3.8, 4) is 0 Å². The summed E-state index contributed by atoms with van der Waals surface area (Å²) in [6.45, 7) is 1.20. The number of carboxylic acids is 2. The van der Waals surface area contributed by atoms with E-state index in [0.717, 1.165) is 0 Å². The van der Waals surface area contributed by atoms with E-state index < -0.39 is 24.0 Å². The Morgan fingerprint density at radius 2 is 1.47 bits per heavy atom. The Labute approximate surface area is 86.8 Å². The Morgan fingerprint density at radius 1 is 1.07 bits per heavy atom. The number of carboxylic acid groups (broad SMARTS) is 2. The maximum absolute atomic E-state index is 10.6. The molecule has 15 heavy (non-hydrogen) atoms. The first-order valence-corrected chi connectivity index (χ1v) is 4.52. The van der Waals surface area contributed by atoms with Gasteiger partial charge in [-0.25, -0.2) is 0 Å². The largest absolute Gasteiger partial charge is 0.481 e. The van der Waals surface area contributed by atoms with Crippen LogP contribution >= 0.6 is 0 Å². The molecule has 0 unspecified atom stereocenters. The molecule has 6 nitrogen and oxygen atoms in total. The van der Waals surface area contributed by atoms with Crippen LogP contribution in [-0.2, 0) is 19.1 Å². The topological polar surface area (TPSA) is 101 Å². The fourth-order valence-corrected chi connectivity index (χ4v) is 1.07. The number of ether oxygens (including phenoxy) is 1. The lowest BCUT2D eigenvalue weighted by Crippen LogP contribution is -2.19. The van der Waals surface area contributed by atoms with E-state index in [4.69, 9.17) is 14.9 Å². The summed E-state index contributed by atoms with van der Waals surface area (Å²) < 4.78 is 4.79. The lowest BCUT2D eigenvalue weighted by atomic mass is 10.1. The molecule has 0 saturated carbocycles. The average molecular weight is 218 g/mol. The zero-order chi connectivity index (χ0) is 11.8. The first-order valence-electron chi connectivity index (χ1n) is 4.52. The Kier molecular flexibility index (Phi) is 6.08. The molecule has 0 amide bonds. The normalized spacial score (nSPS) is 10.0. The SMILES string of the molecule is CC(=O)OC(CCC(=O)O)CCC(=O)O. The van der Waals surface area contributed by atoms with Crippen LogP contribution in [0.1, 0.15) is 32.6 Å². The van der Waals surface area contributed by atoms with Crippen LogP contribution in [0.25, 0.3) is 0 Å². The first-order chi connectivity index (χ1) is 6.91. The first kappa shape index (κ1) is 13.4. The van der Waals surface area contributed by atoms with Crippen molar-refractivity contribution in [2.45, 2.75) is 38.7 Å². The average Bonchev–Trinajstić information content (AvgIpc) is 2.08. The van der Waals surface area contributed by atoms with Crippen molar-refractivity contribution in [3.63, 3.8) is 0 Å². The summed E-state index contributed by atoms with van der Waals surface area (Å²) in [5.41, 5.74) is 0. The van der Waals surface area contributed by atoms with Gasteiger partial charge in [-0.15, -0.1) is 0 Å². The van der Waals surface area contributed by atoms with Crippen LogP contribution in [-0.4, -0.2) is 34.2 Å². The lowest BCUT2D eigenvalue weighted by Gasteiger charge is -2.14. The number of aliphatic carboxylic acids is 2. The van der Waals surface area contributed by atoms with Crippen molar-refractivity contribution >= 4 is 17.9 Å². The van der Waals surface area contributed by atoms with Gasteiger partial charge in [0.25, 0.3) is 0 Å². The summed E-state index contributed by atoms with van der Waals surface area (Å²) in [7, 11) is 0. The molecular weight excluding hydrogens is 204 g/mol. The molecule has 0 aliphatic carbocycles. The van der Waals surface area contributed by atoms with Gasteiger partial charge in [-0.2, -0.15) is 0 Å². The molecule has 0 aromatic carbocycles. The third-order valence-corrected chi connectivity index (χ3v) is 1.69. The molecule has 86 valence electrons. The number of hydrogen-bond donors (Lipinski definition) is 2. The van der Waals surface area contributed by atoms with Crippen molar-refractivity contribution in [2.75, 3.05) is 0 Å². The van der Waals surface area contributed by atoms with Gasteiger partial charge < -0.3 is 14.9 Å². The fourth-order valence-electron chi connectivity index (χ4n) is 1.07. The Balaban J connectivity index is 3.99. The van der Waals surface area contributed by atoms with Crippen LogP contribution in [0.5, 0.6) is 0 Å². The monoisotopic (exact) mass is 218 g/mol. The second-order valence-corrected chi connectivity index (χ2v) is 3.10. The van der Waals surface area contributed by atoms with Crippen LogP contribution in [0.15, 0.2) is 0 Å². The molecule has 0 aromatic rings. The van der Waals surface area contributed by atoms with Gasteiger partial charge in [0, 0.05) is 19.8 Å². The molecule has 0 heterocycles. The molecule has 0 aliphatic heterocycles. The van der Waals surface area contributed by atoms with Gasteiger partial charge in [-0.3, -0.25) is 14.4 Å². The minimum atomic E-state index is -0.998. The standard InChI is InChI=1S/C9H14O6/c1-6(10)15-7(2-4-8(11)12)3-5-9(13)14/h7H,2-5H2,1H3,(H,11,12)(H,13,14). The minimum absolute atomic E-state index is 0.141. The third kappa shape index (κ3) is 8.73. The van der Waals surface area contributed by atoms with Crippen molar-refractivity contribution in [1.29, 1.82) is 0 Å². The summed E-state index contributed by atoms with van der Waals surface area (Å²) in [5, 5.41) is 16.8. The maximum Gasteiger partial charge on any atom is 0.303 e. The van der Waals surface area contributed by atoms with E-state index in [1.165, 1.54) is 6.92 Å². The lowest BCUT2D eigenvalue weighted by molar-refractivity contribution is -0.150. The van der Waals surface area contributed by atoms with Crippen LogP contribution in [0.3, 0.4) is 0 Å². The van der Waals surface area contributed by atoms with E-state index in [0.29, 0.717) is 0 Å². The number of hydrogen-bond acceptors (Lipinski definition) is 4. The Morgan fingerprint density at radius 3 is 1.73 bits per heavy atom. The highest BCUT2D eigenvalue weighted by Crippen LogP contribution is 2.10. The summed E-state index contributed by atoms with van der Waals surface area (Å²) in [6, 6.07) is 0. The van der Waals surface area contributed by atoms with Gasteiger partial charge in [0.15, 0.2) is 0 Å². The highest BCUT2D eigenvalue weighted by molar-refractivity contribution is 5.68. The van der Waals surface area contributed by atoms with Gasteiger partial charge in [0.05, 0.1) is 0 Å². The van der Waals surface area contributed by atoms with E-state index in [9.17, 15) is 14.4 Å². The second kappa shape index (κ2) is 6.80. The van der Waals surface area contributed by atoms with Crippen LogP contribution < -0.4 is 0 Å². The van der Waals surface area contributed by atoms with E-state index in [-0.39, 0.29) is 25.7 Å². The van der Waals surface area contributed by atoms with Crippen molar-refractivity contribution in [2.24, 2.45) is 0 Å². The number of carbonyl (C=O) groups excluding carboxylic acids is 1. The minimum Gasteiger partial charge on any atom is -0.481 e. The molecule has 2 N–H and O–H groups in total. The van der Waals surface area contributed by atoms with Crippen molar-refractivity contribution in [3.05, 3.63) is 0 Å². The zero-order valence-electron chi connectivity index (χ0n) is 8.43. The molecule has 0 saturated heterocycles. The van der Waals surface area contributed by atoms with E-state index in [2.05, 4.69) is 0 Å². The molecule has 0 atom stereocenters. The second-order valence-electron chi connectivity index (χ2n) is 3.10. The van der Waals surface area contributed by atoms with Crippen molar-refractivity contribution < 1.29 is 29.3 Å². The molecule has 6 heteroatoms. The van der Waals surface area contributed by atoms with E-state index in [1.54, 1.807) is 0 Å².